The minimum absolute atomic E-state index is 0.0902. The molecule has 0 aliphatic rings. The van der Waals surface area contributed by atoms with E-state index in [1.165, 1.54) is 11.8 Å². The first-order valence-corrected chi connectivity index (χ1v) is 9.62. The lowest BCUT2D eigenvalue weighted by atomic mass is 10.2. The van der Waals surface area contributed by atoms with E-state index in [4.69, 9.17) is 20.9 Å². The van der Waals surface area contributed by atoms with Crippen LogP contribution in [0.3, 0.4) is 0 Å². The molecular weight excluding hydrogens is 376 g/mol. The molecule has 0 unspecified atom stereocenters. The van der Waals surface area contributed by atoms with E-state index < -0.39 is 0 Å². The summed E-state index contributed by atoms with van der Waals surface area (Å²) in [6, 6.07) is 5.11. The number of aromatic nitrogens is 4. The van der Waals surface area contributed by atoms with Gasteiger partial charge in [0.1, 0.15) is 0 Å². The highest BCUT2D eigenvalue weighted by atomic mass is 35.5. The Hall–Kier alpha value is -1.90. The Labute approximate surface area is 159 Å². The fraction of sp³-hybridized carbons (Fsp3) is 0.412. The van der Waals surface area contributed by atoms with Gasteiger partial charge >= 0.3 is 0 Å². The second kappa shape index (κ2) is 8.66. The standard InChI is InChI=1S/C17H19ClN4O3S/c1-3-15-20-14(21-25-15)10-26-17-19-13-9-11(18)5-6-12(13)16(23)22(17)7-4-8-24-2/h5-6,9H,3-4,7-8,10H2,1-2H3. The molecule has 0 spiro atoms. The van der Waals surface area contributed by atoms with E-state index in [0.29, 0.717) is 64.5 Å². The van der Waals surface area contributed by atoms with Crippen molar-refractivity contribution in [1.82, 2.24) is 19.7 Å². The second-order valence-electron chi connectivity index (χ2n) is 5.61. The first-order chi connectivity index (χ1) is 12.6. The summed E-state index contributed by atoms with van der Waals surface area (Å²) in [7, 11) is 1.64. The summed E-state index contributed by atoms with van der Waals surface area (Å²) in [6.45, 7) is 3.04. The van der Waals surface area contributed by atoms with Gasteiger partial charge in [-0.25, -0.2) is 4.98 Å². The fourth-order valence-corrected chi connectivity index (χ4v) is 3.50. The van der Waals surface area contributed by atoms with E-state index in [-0.39, 0.29) is 5.56 Å². The minimum Gasteiger partial charge on any atom is -0.385 e. The molecule has 0 bridgehead atoms. The number of thioether (sulfide) groups is 1. The Morgan fingerprint density at radius 1 is 1.35 bits per heavy atom. The summed E-state index contributed by atoms with van der Waals surface area (Å²) >= 11 is 7.45. The Bertz CT molecular complexity index is 957. The number of aryl methyl sites for hydroxylation is 1. The number of rotatable bonds is 8. The molecule has 0 saturated carbocycles. The number of ether oxygens (including phenoxy) is 1. The van der Waals surface area contributed by atoms with Crippen molar-refractivity contribution in [2.45, 2.75) is 37.2 Å². The van der Waals surface area contributed by atoms with Gasteiger partial charge in [0.2, 0.25) is 5.89 Å². The third-order valence-electron chi connectivity index (χ3n) is 3.76. The van der Waals surface area contributed by atoms with Gasteiger partial charge in [0.25, 0.3) is 5.56 Å². The highest BCUT2D eigenvalue weighted by Gasteiger charge is 2.14. The second-order valence-corrected chi connectivity index (χ2v) is 6.98. The molecule has 0 saturated heterocycles. The molecule has 138 valence electrons. The molecule has 1 aromatic carbocycles. The largest absolute Gasteiger partial charge is 0.385 e. The summed E-state index contributed by atoms with van der Waals surface area (Å²) in [5.74, 6) is 1.64. The molecule has 2 heterocycles. The lowest BCUT2D eigenvalue weighted by molar-refractivity contribution is 0.189. The van der Waals surface area contributed by atoms with Gasteiger partial charge in [0, 0.05) is 31.7 Å². The first kappa shape index (κ1) is 18.9. The first-order valence-electron chi connectivity index (χ1n) is 8.25. The van der Waals surface area contributed by atoms with Crippen LogP contribution in [-0.2, 0) is 23.5 Å². The van der Waals surface area contributed by atoms with E-state index in [1.807, 2.05) is 6.92 Å². The molecule has 2 aromatic heterocycles. The number of hydrogen-bond donors (Lipinski definition) is 0. The Balaban J connectivity index is 1.94. The molecule has 0 atom stereocenters. The van der Waals surface area contributed by atoms with Gasteiger partial charge in [-0.15, -0.1) is 0 Å². The quantitative estimate of drug-likeness (QED) is 0.329. The average molecular weight is 395 g/mol. The van der Waals surface area contributed by atoms with Crippen LogP contribution in [0.2, 0.25) is 5.02 Å². The van der Waals surface area contributed by atoms with Gasteiger partial charge in [-0.05, 0) is 24.6 Å². The van der Waals surface area contributed by atoms with Crippen LogP contribution >= 0.6 is 23.4 Å². The summed E-state index contributed by atoms with van der Waals surface area (Å²) in [5, 5.41) is 5.63. The normalized spacial score (nSPS) is 11.3. The lowest BCUT2D eigenvalue weighted by Crippen LogP contribution is -2.24. The smallest absolute Gasteiger partial charge is 0.262 e. The van der Waals surface area contributed by atoms with Gasteiger partial charge in [-0.1, -0.05) is 35.4 Å². The van der Waals surface area contributed by atoms with E-state index in [1.54, 1.807) is 29.9 Å². The van der Waals surface area contributed by atoms with Crippen molar-refractivity contribution in [3.8, 4) is 0 Å². The van der Waals surface area contributed by atoms with Crippen molar-refractivity contribution in [3.05, 3.63) is 45.3 Å². The SMILES string of the molecule is CCc1nc(CSc2nc3cc(Cl)ccc3c(=O)n2CCCOC)no1. The van der Waals surface area contributed by atoms with Crippen molar-refractivity contribution in [2.75, 3.05) is 13.7 Å². The number of nitrogens with zero attached hydrogens (tertiary/aromatic N) is 4. The molecule has 0 aliphatic carbocycles. The zero-order valence-electron chi connectivity index (χ0n) is 14.6. The third-order valence-corrected chi connectivity index (χ3v) is 4.96. The van der Waals surface area contributed by atoms with Gasteiger partial charge in [-0.3, -0.25) is 9.36 Å². The Morgan fingerprint density at radius 3 is 2.92 bits per heavy atom. The maximum Gasteiger partial charge on any atom is 0.262 e. The zero-order chi connectivity index (χ0) is 18.5. The molecular formula is C17H19ClN4O3S. The number of benzene rings is 1. The van der Waals surface area contributed by atoms with Crippen molar-refractivity contribution in [2.24, 2.45) is 0 Å². The number of methoxy groups -OCH3 is 1. The van der Waals surface area contributed by atoms with Crippen LogP contribution in [0.25, 0.3) is 10.9 Å². The Kier molecular flexibility index (Phi) is 6.29. The number of hydrogen-bond acceptors (Lipinski definition) is 7. The van der Waals surface area contributed by atoms with E-state index >= 15 is 0 Å². The number of fused-ring (bicyclic) bond motifs is 1. The summed E-state index contributed by atoms with van der Waals surface area (Å²) in [5.41, 5.74) is 0.489. The van der Waals surface area contributed by atoms with E-state index in [2.05, 4.69) is 15.1 Å². The molecule has 3 aromatic rings. The topological polar surface area (TPSA) is 83.0 Å². The van der Waals surface area contributed by atoms with E-state index in [0.717, 1.165) is 0 Å². The van der Waals surface area contributed by atoms with Crippen LogP contribution < -0.4 is 5.56 Å². The minimum atomic E-state index is -0.0902. The third kappa shape index (κ3) is 4.25. The number of halogens is 1. The van der Waals surface area contributed by atoms with Gasteiger partial charge < -0.3 is 9.26 Å². The van der Waals surface area contributed by atoms with Crippen LogP contribution in [0.4, 0.5) is 0 Å². The molecule has 7 nitrogen and oxygen atoms in total. The van der Waals surface area contributed by atoms with Crippen LogP contribution in [-0.4, -0.2) is 33.4 Å². The van der Waals surface area contributed by atoms with Crippen molar-refractivity contribution < 1.29 is 9.26 Å². The average Bonchev–Trinajstić information content (AvgIpc) is 3.10. The molecule has 0 radical (unpaired) electrons. The molecule has 0 fully saturated rings. The Morgan fingerprint density at radius 2 is 2.19 bits per heavy atom. The maximum absolute atomic E-state index is 12.9. The monoisotopic (exact) mass is 394 g/mol. The van der Waals surface area contributed by atoms with Crippen LogP contribution in [0.15, 0.2) is 32.7 Å². The molecule has 26 heavy (non-hydrogen) atoms. The molecule has 0 aliphatic heterocycles. The highest BCUT2D eigenvalue weighted by Crippen LogP contribution is 2.23. The predicted molar refractivity (Wildman–Crippen MR) is 101 cm³/mol. The van der Waals surface area contributed by atoms with Crippen molar-refractivity contribution in [1.29, 1.82) is 0 Å². The van der Waals surface area contributed by atoms with Gasteiger partial charge in [-0.2, -0.15) is 4.98 Å². The zero-order valence-corrected chi connectivity index (χ0v) is 16.1. The molecule has 9 heteroatoms. The van der Waals surface area contributed by atoms with Gasteiger partial charge in [0.05, 0.1) is 16.7 Å². The predicted octanol–water partition coefficient (Wildman–Crippen LogP) is 3.32. The van der Waals surface area contributed by atoms with Crippen LogP contribution in [0.1, 0.15) is 25.1 Å². The fourth-order valence-electron chi connectivity index (χ4n) is 2.47. The van der Waals surface area contributed by atoms with Gasteiger partial charge in [0.15, 0.2) is 11.0 Å². The van der Waals surface area contributed by atoms with Crippen LogP contribution in [0, 0.1) is 0 Å². The van der Waals surface area contributed by atoms with Crippen molar-refractivity contribution in [3.63, 3.8) is 0 Å². The molecule has 3 rings (SSSR count). The maximum atomic E-state index is 12.9. The summed E-state index contributed by atoms with van der Waals surface area (Å²) in [6.07, 6.45) is 1.40. The van der Waals surface area contributed by atoms with E-state index in [9.17, 15) is 4.79 Å². The summed E-state index contributed by atoms with van der Waals surface area (Å²) in [4.78, 5) is 21.8. The molecule has 0 amide bonds. The summed E-state index contributed by atoms with van der Waals surface area (Å²) < 4.78 is 11.9. The molecule has 0 N–H and O–H groups in total. The van der Waals surface area contributed by atoms with Crippen molar-refractivity contribution >= 4 is 34.3 Å². The van der Waals surface area contributed by atoms with Crippen LogP contribution in [0.5, 0.6) is 0 Å². The highest BCUT2D eigenvalue weighted by molar-refractivity contribution is 7.98. The lowest BCUT2D eigenvalue weighted by Gasteiger charge is -2.12.